The van der Waals surface area contributed by atoms with Crippen LogP contribution in [0.4, 0.5) is 4.39 Å². The molecule has 5 heteroatoms. The number of nitrogens with two attached hydrogens (primary N) is 1. The molecule has 1 aromatic heterocycles. The molecular weight excluding hydrogens is 517 g/mol. The van der Waals surface area contributed by atoms with E-state index in [0.29, 0.717) is 17.0 Å². The van der Waals surface area contributed by atoms with E-state index in [1.54, 1.807) is 31.2 Å². The van der Waals surface area contributed by atoms with Gasteiger partial charge in [0.2, 0.25) is 0 Å². The van der Waals surface area contributed by atoms with E-state index in [0.717, 1.165) is 0 Å². The molecule has 1 aromatic carbocycles. The molecule has 2 N–H and O–H groups in total. The van der Waals surface area contributed by atoms with Crippen molar-refractivity contribution in [3.05, 3.63) is 71.2 Å². The topological polar surface area (TPSA) is 56.0 Å². The summed E-state index contributed by atoms with van der Waals surface area (Å²) >= 11 is 0. The van der Waals surface area contributed by atoms with Gasteiger partial charge in [0.1, 0.15) is 5.69 Å². The Hall–Kier alpha value is -1.75. The number of halogens is 1. The van der Waals surface area contributed by atoms with Gasteiger partial charge in [-0.25, -0.2) is 0 Å². The summed E-state index contributed by atoms with van der Waals surface area (Å²) in [5, 5.41) is 0. The van der Waals surface area contributed by atoms with Crippen LogP contribution in [0.5, 0.6) is 0 Å². The normalized spacial score (nSPS) is 8.52. The minimum Gasteiger partial charge on any atom is -0.364 e. The van der Waals surface area contributed by atoms with Gasteiger partial charge in [-0.2, -0.15) is 11.8 Å². The van der Waals surface area contributed by atoms with Gasteiger partial charge in [-0.3, -0.25) is 14.2 Å². The fraction of sp³-hybridized carbons (Fsp3) is 0.167. The summed E-state index contributed by atoms with van der Waals surface area (Å²) in [6.45, 7) is 5.75. The van der Waals surface area contributed by atoms with Gasteiger partial charge in [-0.05, 0) is 11.6 Å². The first-order valence-electron chi connectivity index (χ1n) is 6.94. The maximum absolute atomic E-state index is 13.6. The first-order chi connectivity index (χ1) is 10.6. The number of primary amides is 1. The van der Waals surface area contributed by atoms with E-state index >= 15 is 0 Å². The third-order valence-corrected chi connectivity index (χ3v) is 2.69. The summed E-state index contributed by atoms with van der Waals surface area (Å²) in [5.74, 6) is 5.48. The maximum atomic E-state index is 13.6. The third-order valence-electron chi connectivity index (χ3n) is 2.69. The Balaban J connectivity index is 0.00000155. The zero-order valence-electron chi connectivity index (χ0n) is 13.4. The molecule has 0 radical (unpaired) electrons. The quantitative estimate of drug-likeness (QED) is 0.474. The Morgan fingerprint density at radius 1 is 1.22 bits per heavy atom. The molecule has 1 heterocycles. The standard InChI is InChI=1S/C16H12FN2O.C2H6.U/c1-11(13-4-2-3-5-14(13)17)6-7-12-8-9-15(16(18)20)19-10-12;1-2;/h2-5,8-10H,1H3,(H2,18,20);1-2H3;/q-1;;. The monoisotopic (exact) mass is 535 g/mol. The molecule has 3 nitrogen and oxygen atoms in total. The molecule has 0 unspecified atom stereocenters. The number of carbonyl (C=O) groups excluding carboxylic acids is 1. The van der Waals surface area contributed by atoms with E-state index in [9.17, 15) is 9.18 Å². The molecular formula is C18H18FN2OU-. The number of hydrogen-bond donors (Lipinski definition) is 1. The molecule has 0 aliphatic heterocycles. The zero-order chi connectivity index (χ0) is 16.5. The van der Waals surface area contributed by atoms with Crippen molar-refractivity contribution in [3.63, 3.8) is 0 Å². The second kappa shape index (κ2) is 10.9. The zero-order valence-corrected chi connectivity index (χ0v) is 17.5. The third kappa shape index (κ3) is 6.49. The largest absolute Gasteiger partial charge is 0.364 e. The van der Waals surface area contributed by atoms with Crippen molar-refractivity contribution in [3.8, 4) is 11.8 Å². The second-order valence-corrected chi connectivity index (χ2v) is 4.15. The molecule has 0 saturated heterocycles. The van der Waals surface area contributed by atoms with E-state index in [-0.39, 0.29) is 42.6 Å². The molecule has 2 aromatic rings. The van der Waals surface area contributed by atoms with Crippen molar-refractivity contribution >= 4 is 5.91 Å². The van der Waals surface area contributed by atoms with E-state index in [1.807, 2.05) is 13.8 Å². The molecule has 23 heavy (non-hydrogen) atoms. The Bertz CT molecular complexity index is 690. The van der Waals surface area contributed by atoms with Gasteiger partial charge in [-0.15, -0.1) is 17.7 Å². The van der Waals surface area contributed by atoms with Gasteiger partial charge >= 0.3 is 0 Å². The molecule has 0 atom stereocenters. The molecule has 0 saturated carbocycles. The molecule has 0 aliphatic carbocycles. The van der Waals surface area contributed by atoms with Crippen LogP contribution in [0.2, 0.25) is 0 Å². The number of hydrogen-bond acceptors (Lipinski definition) is 2. The van der Waals surface area contributed by atoms with Crippen molar-refractivity contribution in [2.75, 3.05) is 0 Å². The Kier molecular flexibility index (Phi) is 10.1. The van der Waals surface area contributed by atoms with Gasteiger partial charge in [0.15, 0.2) is 0 Å². The number of rotatable bonds is 2. The number of amides is 1. The maximum Gasteiger partial charge on any atom is 0.267 e. The molecule has 2 rings (SSSR count). The Morgan fingerprint density at radius 3 is 2.39 bits per heavy atom. The van der Waals surface area contributed by atoms with Crippen LogP contribution in [-0.4, -0.2) is 10.9 Å². The van der Waals surface area contributed by atoms with Crippen LogP contribution < -0.4 is 5.73 Å². The number of nitrogens with zero attached hydrogens (tertiary/aromatic N) is 1. The van der Waals surface area contributed by atoms with Crippen molar-refractivity contribution < 1.29 is 40.3 Å². The molecule has 118 valence electrons. The van der Waals surface area contributed by atoms with Gasteiger partial charge in [0, 0.05) is 43.1 Å². The first kappa shape index (κ1) is 21.3. The van der Waals surface area contributed by atoms with Crippen LogP contribution in [0.3, 0.4) is 0 Å². The van der Waals surface area contributed by atoms with E-state index in [2.05, 4.69) is 16.8 Å². The summed E-state index contributed by atoms with van der Waals surface area (Å²) < 4.78 is 13.6. The van der Waals surface area contributed by atoms with Crippen LogP contribution in [0.1, 0.15) is 42.4 Å². The predicted octanol–water partition coefficient (Wildman–Crippen LogP) is 3.34. The minimum absolute atomic E-state index is 0. The van der Waals surface area contributed by atoms with E-state index in [1.165, 1.54) is 18.3 Å². The Labute approximate surface area is 160 Å². The molecule has 1 amide bonds. The first-order valence-corrected chi connectivity index (χ1v) is 6.94. The SMILES string of the molecule is CC.C[C-](C#Cc1ccc(C(N)=O)nc1)c1ccccc1F.[U]. The summed E-state index contributed by atoms with van der Waals surface area (Å²) in [5.41, 5.74) is 6.39. The molecule has 0 fully saturated rings. The van der Waals surface area contributed by atoms with Crippen LogP contribution in [-0.2, 0) is 0 Å². The smallest absolute Gasteiger partial charge is 0.267 e. The van der Waals surface area contributed by atoms with Gasteiger partial charge in [0.25, 0.3) is 5.91 Å². The number of aromatic nitrogens is 1. The van der Waals surface area contributed by atoms with Crippen molar-refractivity contribution in [1.29, 1.82) is 0 Å². The molecule has 0 bridgehead atoms. The molecule has 0 spiro atoms. The van der Waals surface area contributed by atoms with Crippen molar-refractivity contribution in [1.82, 2.24) is 4.98 Å². The predicted molar refractivity (Wildman–Crippen MR) is 85.4 cm³/mol. The fourth-order valence-corrected chi connectivity index (χ4v) is 1.61. The second-order valence-electron chi connectivity index (χ2n) is 4.15. The van der Waals surface area contributed by atoms with Gasteiger partial charge in [0.05, 0.1) is 0 Å². The van der Waals surface area contributed by atoms with Crippen molar-refractivity contribution in [2.45, 2.75) is 20.8 Å². The summed E-state index contributed by atoms with van der Waals surface area (Å²) in [6.07, 6.45) is 1.46. The van der Waals surface area contributed by atoms with Crippen LogP contribution in [0, 0.1) is 54.7 Å². The van der Waals surface area contributed by atoms with Crippen molar-refractivity contribution in [2.24, 2.45) is 5.73 Å². The van der Waals surface area contributed by atoms with Gasteiger partial charge < -0.3 is 5.73 Å². The fourth-order valence-electron chi connectivity index (χ4n) is 1.61. The minimum atomic E-state index is -0.585. The number of benzene rings is 1. The summed E-state index contributed by atoms with van der Waals surface area (Å²) in [7, 11) is 0. The average molecular weight is 535 g/mol. The summed E-state index contributed by atoms with van der Waals surface area (Å²) in [6, 6.07) is 9.61. The van der Waals surface area contributed by atoms with Crippen LogP contribution in [0.25, 0.3) is 0 Å². The van der Waals surface area contributed by atoms with E-state index < -0.39 is 5.91 Å². The average Bonchev–Trinajstić information content (AvgIpc) is 2.55. The Morgan fingerprint density at radius 2 is 1.87 bits per heavy atom. The van der Waals surface area contributed by atoms with E-state index in [4.69, 9.17) is 5.73 Å². The van der Waals surface area contributed by atoms with Crippen LogP contribution in [0.15, 0.2) is 42.6 Å². The van der Waals surface area contributed by atoms with Gasteiger partial charge in [-0.1, -0.05) is 44.9 Å². The number of carbonyl (C=O) groups is 1. The molecule has 0 aliphatic rings. The van der Waals surface area contributed by atoms with Crippen LogP contribution >= 0.6 is 0 Å². The number of pyridine rings is 1. The summed E-state index contributed by atoms with van der Waals surface area (Å²) in [4.78, 5) is 14.8.